The molecular weight excluding hydrogens is 256 g/mol. The number of fused-ring (bicyclic) bond motifs is 1. The third-order valence-corrected chi connectivity index (χ3v) is 3.75. The lowest BCUT2D eigenvalue weighted by atomic mass is 9.98. The fraction of sp³-hybridized carbons (Fsp3) is 0.467. The van der Waals surface area contributed by atoms with Crippen LogP contribution in [0.4, 0.5) is 5.69 Å². The van der Waals surface area contributed by atoms with Gasteiger partial charge in [-0.25, -0.2) is 0 Å². The lowest BCUT2D eigenvalue weighted by Crippen LogP contribution is -2.35. The standard InChI is InChI=1S/C15H20N2O3/c1-2-11(16)8-14(18)17-9-10(7-15(19)20)12-5-3-4-6-13(12)17/h3-6,10-11H,2,7-9,16H2,1H3,(H,19,20). The van der Waals surface area contributed by atoms with Crippen molar-refractivity contribution in [3.8, 4) is 0 Å². The van der Waals surface area contributed by atoms with Crippen LogP contribution in [-0.2, 0) is 9.59 Å². The molecule has 3 N–H and O–H groups in total. The molecule has 0 aliphatic carbocycles. The Hall–Kier alpha value is -1.88. The molecule has 0 saturated carbocycles. The summed E-state index contributed by atoms with van der Waals surface area (Å²) in [4.78, 5) is 24.9. The molecule has 0 aromatic heterocycles. The summed E-state index contributed by atoms with van der Waals surface area (Å²) in [6.07, 6.45) is 1.09. The topological polar surface area (TPSA) is 83.6 Å². The van der Waals surface area contributed by atoms with E-state index in [2.05, 4.69) is 0 Å². The van der Waals surface area contributed by atoms with Crippen molar-refractivity contribution in [2.45, 2.75) is 38.1 Å². The zero-order valence-corrected chi connectivity index (χ0v) is 11.6. The molecular formula is C15H20N2O3. The number of benzene rings is 1. The Morgan fingerprint density at radius 3 is 2.80 bits per heavy atom. The maximum Gasteiger partial charge on any atom is 0.304 e. The Morgan fingerprint density at radius 2 is 2.15 bits per heavy atom. The highest BCUT2D eigenvalue weighted by Gasteiger charge is 2.33. The summed E-state index contributed by atoms with van der Waals surface area (Å²) in [5.74, 6) is -1.01. The summed E-state index contributed by atoms with van der Waals surface area (Å²) in [6.45, 7) is 2.38. The van der Waals surface area contributed by atoms with Gasteiger partial charge in [0.15, 0.2) is 0 Å². The van der Waals surface area contributed by atoms with Gasteiger partial charge in [-0.05, 0) is 18.1 Å². The van der Waals surface area contributed by atoms with Gasteiger partial charge in [-0.3, -0.25) is 9.59 Å². The third-order valence-electron chi connectivity index (χ3n) is 3.75. The van der Waals surface area contributed by atoms with Crippen LogP contribution in [0.15, 0.2) is 24.3 Å². The normalized spacial score (nSPS) is 18.7. The molecule has 1 aliphatic heterocycles. The van der Waals surface area contributed by atoms with Crippen LogP contribution in [0.25, 0.3) is 0 Å². The van der Waals surface area contributed by atoms with Crippen molar-refractivity contribution >= 4 is 17.6 Å². The highest BCUT2D eigenvalue weighted by molar-refractivity contribution is 5.96. The smallest absolute Gasteiger partial charge is 0.304 e. The summed E-state index contributed by atoms with van der Waals surface area (Å²) in [5.41, 5.74) is 7.60. The fourth-order valence-corrected chi connectivity index (χ4v) is 2.60. The summed E-state index contributed by atoms with van der Waals surface area (Å²) in [6, 6.07) is 7.36. The zero-order chi connectivity index (χ0) is 14.7. The Morgan fingerprint density at radius 1 is 1.45 bits per heavy atom. The van der Waals surface area contributed by atoms with E-state index in [0.717, 1.165) is 17.7 Å². The molecule has 5 nitrogen and oxygen atoms in total. The van der Waals surface area contributed by atoms with Gasteiger partial charge in [0.05, 0.1) is 6.42 Å². The minimum absolute atomic E-state index is 0.0281. The van der Waals surface area contributed by atoms with Gasteiger partial charge in [0.25, 0.3) is 0 Å². The molecule has 0 spiro atoms. The number of carbonyl (C=O) groups is 2. The Kier molecular flexibility index (Phi) is 4.39. The van der Waals surface area contributed by atoms with Crippen molar-refractivity contribution in [1.82, 2.24) is 0 Å². The lowest BCUT2D eigenvalue weighted by molar-refractivity contribution is -0.137. The lowest BCUT2D eigenvalue weighted by Gasteiger charge is -2.19. The van der Waals surface area contributed by atoms with Crippen molar-refractivity contribution in [2.75, 3.05) is 11.4 Å². The van der Waals surface area contributed by atoms with E-state index in [1.54, 1.807) is 4.90 Å². The molecule has 1 aliphatic rings. The predicted molar refractivity (Wildman–Crippen MR) is 76.7 cm³/mol. The largest absolute Gasteiger partial charge is 0.481 e. The number of rotatable bonds is 5. The third kappa shape index (κ3) is 2.99. The van der Waals surface area contributed by atoms with Crippen LogP contribution < -0.4 is 10.6 Å². The number of carboxylic acid groups (broad SMARTS) is 1. The van der Waals surface area contributed by atoms with Gasteiger partial charge in [0, 0.05) is 30.6 Å². The number of hydrogen-bond acceptors (Lipinski definition) is 3. The second kappa shape index (κ2) is 6.05. The Bertz CT molecular complexity index is 516. The molecule has 0 bridgehead atoms. The molecule has 0 fully saturated rings. The van der Waals surface area contributed by atoms with Gasteiger partial charge in [0.2, 0.25) is 5.91 Å². The van der Waals surface area contributed by atoms with E-state index in [0.29, 0.717) is 13.0 Å². The molecule has 2 rings (SSSR count). The van der Waals surface area contributed by atoms with Gasteiger partial charge in [-0.15, -0.1) is 0 Å². The van der Waals surface area contributed by atoms with Crippen molar-refractivity contribution in [3.63, 3.8) is 0 Å². The average molecular weight is 276 g/mol. The molecule has 5 heteroatoms. The number of para-hydroxylation sites is 1. The van der Waals surface area contributed by atoms with Crippen molar-refractivity contribution in [2.24, 2.45) is 5.73 Å². The van der Waals surface area contributed by atoms with Crippen LogP contribution >= 0.6 is 0 Å². The predicted octanol–water partition coefficient (Wildman–Crippen LogP) is 1.72. The number of amides is 1. The summed E-state index contributed by atoms with van der Waals surface area (Å²) < 4.78 is 0. The quantitative estimate of drug-likeness (QED) is 0.857. The van der Waals surface area contributed by atoms with E-state index >= 15 is 0 Å². The minimum atomic E-state index is -0.843. The van der Waals surface area contributed by atoms with Crippen LogP contribution in [0.3, 0.4) is 0 Å². The zero-order valence-electron chi connectivity index (χ0n) is 11.6. The Labute approximate surface area is 118 Å². The molecule has 1 aromatic rings. The number of nitrogens with two attached hydrogens (primary N) is 1. The molecule has 108 valence electrons. The van der Waals surface area contributed by atoms with Crippen LogP contribution in [-0.4, -0.2) is 29.6 Å². The van der Waals surface area contributed by atoms with Crippen LogP contribution in [0.1, 0.15) is 37.7 Å². The molecule has 20 heavy (non-hydrogen) atoms. The van der Waals surface area contributed by atoms with Gasteiger partial charge < -0.3 is 15.7 Å². The van der Waals surface area contributed by atoms with Crippen LogP contribution in [0, 0.1) is 0 Å². The minimum Gasteiger partial charge on any atom is -0.481 e. The number of aliphatic carboxylic acids is 1. The van der Waals surface area contributed by atoms with Gasteiger partial charge in [-0.2, -0.15) is 0 Å². The monoisotopic (exact) mass is 276 g/mol. The first-order valence-electron chi connectivity index (χ1n) is 6.89. The molecule has 0 saturated heterocycles. The van der Waals surface area contributed by atoms with Crippen molar-refractivity contribution in [3.05, 3.63) is 29.8 Å². The first-order chi connectivity index (χ1) is 9.52. The van der Waals surface area contributed by atoms with E-state index in [9.17, 15) is 9.59 Å². The summed E-state index contributed by atoms with van der Waals surface area (Å²) >= 11 is 0. The molecule has 2 unspecified atom stereocenters. The van der Waals surface area contributed by atoms with Gasteiger partial charge in [-0.1, -0.05) is 25.1 Å². The SMILES string of the molecule is CCC(N)CC(=O)N1CC(CC(=O)O)c2ccccc21. The summed E-state index contributed by atoms with van der Waals surface area (Å²) in [7, 11) is 0. The first-order valence-corrected chi connectivity index (χ1v) is 6.89. The fourth-order valence-electron chi connectivity index (χ4n) is 2.60. The molecule has 2 atom stereocenters. The van der Waals surface area contributed by atoms with Gasteiger partial charge in [0.1, 0.15) is 0 Å². The van der Waals surface area contributed by atoms with E-state index in [1.165, 1.54) is 0 Å². The van der Waals surface area contributed by atoms with E-state index in [4.69, 9.17) is 10.8 Å². The average Bonchev–Trinajstić information content (AvgIpc) is 2.77. The highest BCUT2D eigenvalue weighted by atomic mass is 16.4. The second-order valence-corrected chi connectivity index (χ2v) is 5.23. The summed E-state index contributed by atoms with van der Waals surface area (Å²) in [5, 5.41) is 8.98. The Balaban J connectivity index is 2.20. The second-order valence-electron chi connectivity index (χ2n) is 5.23. The van der Waals surface area contributed by atoms with Crippen LogP contribution in [0.2, 0.25) is 0 Å². The molecule has 0 radical (unpaired) electrons. The number of carbonyl (C=O) groups excluding carboxylic acids is 1. The highest BCUT2D eigenvalue weighted by Crippen LogP contribution is 2.38. The van der Waals surface area contributed by atoms with Gasteiger partial charge >= 0.3 is 5.97 Å². The van der Waals surface area contributed by atoms with Crippen LogP contribution in [0.5, 0.6) is 0 Å². The molecule has 1 amide bonds. The number of anilines is 1. The number of nitrogens with zero attached hydrogens (tertiary/aromatic N) is 1. The molecule has 1 heterocycles. The number of carboxylic acids is 1. The van der Waals surface area contributed by atoms with E-state index < -0.39 is 5.97 Å². The van der Waals surface area contributed by atoms with Crippen molar-refractivity contribution < 1.29 is 14.7 Å². The van der Waals surface area contributed by atoms with Crippen molar-refractivity contribution in [1.29, 1.82) is 0 Å². The number of hydrogen-bond donors (Lipinski definition) is 2. The molecule has 1 aromatic carbocycles. The first kappa shape index (κ1) is 14.5. The maximum absolute atomic E-state index is 12.3. The van der Waals surface area contributed by atoms with E-state index in [-0.39, 0.29) is 24.3 Å². The van der Waals surface area contributed by atoms with E-state index in [1.807, 2.05) is 31.2 Å². The maximum atomic E-state index is 12.3.